The van der Waals surface area contributed by atoms with Crippen molar-refractivity contribution in [3.63, 3.8) is 0 Å². The molecule has 2 N–H and O–H groups in total. The van der Waals surface area contributed by atoms with E-state index in [0.717, 1.165) is 0 Å². The Balaban J connectivity index is 0.000000211. The lowest BCUT2D eigenvalue weighted by Crippen LogP contribution is -1.99. The standard InChI is InChI=1S/C8H8O3.C7H5ClO2/c1-11-7-5-3-2-4-6(7)8(9)10;8-6-4-2-1-3-5(6)7(9)10/h2-5H,1H3,(H,9,10);1-4H,(H,9,10). The zero-order valence-electron chi connectivity index (χ0n) is 11.1. The van der Waals surface area contributed by atoms with Gasteiger partial charge in [0.25, 0.3) is 0 Å². The number of ether oxygens (including phenoxy) is 1. The number of methoxy groups -OCH3 is 1. The Hall–Kier alpha value is -2.53. The highest BCUT2D eigenvalue weighted by Gasteiger charge is 2.07. The van der Waals surface area contributed by atoms with Gasteiger partial charge in [0.15, 0.2) is 0 Å². The number of hydrogen-bond acceptors (Lipinski definition) is 3. The summed E-state index contributed by atoms with van der Waals surface area (Å²) < 4.78 is 4.83. The number of halogens is 1. The van der Waals surface area contributed by atoms with Gasteiger partial charge in [0.05, 0.1) is 17.7 Å². The van der Waals surface area contributed by atoms with Crippen molar-refractivity contribution in [2.45, 2.75) is 0 Å². The maximum Gasteiger partial charge on any atom is 0.339 e. The lowest BCUT2D eigenvalue weighted by atomic mass is 10.2. The zero-order chi connectivity index (χ0) is 15.8. The number of benzene rings is 2. The summed E-state index contributed by atoms with van der Waals surface area (Å²) in [5.74, 6) is -1.58. The first-order valence-electron chi connectivity index (χ1n) is 5.81. The molecule has 0 spiro atoms. The Bertz CT molecular complexity index is 639. The van der Waals surface area contributed by atoms with Crippen LogP contribution < -0.4 is 4.74 Å². The van der Waals surface area contributed by atoms with E-state index in [4.69, 9.17) is 26.6 Å². The average Bonchev–Trinajstić information content (AvgIpc) is 2.48. The van der Waals surface area contributed by atoms with Crippen LogP contribution in [0.25, 0.3) is 0 Å². The second kappa shape index (κ2) is 7.91. The van der Waals surface area contributed by atoms with Crippen LogP contribution in [-0.2, 0) is 0 Å². The summed E-state index contributed by atoms with van der Waals surface area (Å²) >= 11 is 5.54. The van der Waals surface area contributed by atoms with Gasteiger partial charge in [-0.1, -0.05) is 35.9 Å². The summed E-state index contributed by atoms with van der Waals surface area (Å²) in [6.45, 7) is 0. The van der Waals surface area contributed by atoms with E-state index < -0.39 is 11.9 Å². The third-order valence-electron chi connectivity index (χ3n) is 2.44. The molecule has 0 fully saturated rings. The van der Waals surface area contributed by atoms with Crippen LogP contribution in [0.5, 0.6) is 5.75 Å². The van der Waals surface area contributed by atoms with Crippen LogP contribution in [-0.4, -0.2) is 29.3 Å². The Morgan fingerprint density at radius 1 is 0.905 bits per heavy atom. The molecule has 0 saturated carbocycles. The van der Waals surface area contributed by atoms with Crippen molar-refractivity contribution in [3.8, 4) is 5.75 Å². The summed E-state index contributed by atoms with van der Waals surface area (Å²) in [6.07, 6.45) is 0. The zero-order valence-corrected chi connectivity index (χ0v) is 11.9. The molecular weight excluding hydrogens is 296 g/mol. The smallest absolute Gasteiger partial charge is 0.339 e. The topological polar surface area (TPSA) is 83.8 Å². The summed E-state index contributed by atoms with van der Waals surface area (Å²) in [5, 5.41) is 17.4. The highest BCUT2D eigenvalue weighted by molar-refractivity contribution is 6.33. The molecule has 21 heavy (non-hydrogen) atoms. The van der Waals surface area contributed by atoms with Crippen LogP contribution >= 0.6 is 11.6 Å². The summed E-state index contributed by atoms with van der Waals surface area (Å²) in [6, 6.07) is 12.8. The van der Waals surface area contributed by atoms with Crippen LogP contribution in [0, 0.1) is 0 Å². The molecule has 110 valence electrons. The number of rotatable bonds is 3. The second-order valence-corrected chi connectivity index (χ2v) is 4.20. The van der Waals surface area contributed by atoms with E-state index in [2.05, 4.69) is 0 Å². The van der Waals surface area contributed by atoms with Gasteiger partial charge in [-0.25, -0.2) is 9.59 Å². The van der Waals surface area contributed by atoms with Crippen molar-refractivity contribution >= 4 is 23.5 Å². The average molecular weight is 309 g/mol. The first-order valence-corrected chi connectivity index (χ1v) is 6.19. The Morgan fingerprint density at radius 3 is 1.76 bits per heavy atom. The van der Waals surface area contributed by atoms with E-state index in [1.165, 1.54) is 19.2 Å². The van der Waals surface area contributed by atoms with E-state index in [1.807, 2.05) is 0 Å². The fraction of sp³-hybridized carbons (Fsp3) is 0.0667. The van der Waals surface area contributed by atoms with Gasteiger partial charge in [0.2, 0.25) is 0 Å². The van der Waals surface area contributed by atoms with Crippen molar-refractivity contribution in [2.24, 2.45) is 0 Å². The third-order valence-corrected chi connectivity index (χ3v) is 2.77. The largest absolute Gasteiger partial charge is 0.496 e. The number of carboxylic acids is 2. The number of aromatic carboxylic acids is 2. The summed E-state index contributed by atoms with van der Waals surface area (Å²) in [7, 11) is 1.45. The van der Waals surface area contributed by atoms with Gasteiger partial charge in [-0.3, -0.25) is 0 Å². The molecule has 0 bridgehead atoms. The Kier molecular flexibility index (Phi) is 6.23. The predicted octanol–water partition coefficient (Wildman–Crippen LogP) is 3.43. The minimum atomic E-state index is -0.995. The van der Waals surface area contributed by atoms with Crippen LogP contribution in [0.4, 0.5) is 0 Å². The van der Waals surface area contributed by atoms with E-state index in [1.54, 1.807) is 36.4 Å². The lowest BCUT2D eigenvalue weighted by Gasteiger charge is -2.01. The molecule has 0 aliphatic heterocycles. The van der Waals surface area contributed by atoms with Gasteiger partial charge in [-0.15, -0.1) is 0 Å². The van der Waals surface area contributed by atoms with Gasteiger partial charge >= 0.3 is 11.9 Å². The van der Waals surface area contributed by atoms with Crippen LogP contribution in [0.15, 0.2) is 48.5 Å². The van der Waals surface area contributed by atoms with Crippen molar-refractivity contribution < 1.29 is 24.5 Å². The molecule has 5 nitrogen and oxygen atoms in total. The molecule has 0 aliphatic rings. The number of hydrogen-bond donors (Lipinski definition) is 2. The lowest BCUT2D eigenvalue weighted by molar-refractivity contribution is 0.0684. The minimum absolute atomic E-state index is 0.143. The number of carboxylic acid groups (broad SMARTS) is 2. The number of para-hydroxylation sites is 1. The highest BCUT2D eigenvalue weighted by Crippen LogP contribution is 2.16. The predicted molar refractivity (Wildman–Crippen MR) is 78.4 cm³/mol. The van der Waals surface area contributed by atoms with Gasteiger partial charge in [-0.2, -0.15) is 0 Å². The molecule has 0 unspecified atom stereocenters. The van der Waals surface area contributed by atoms with E-state index in [9.17, 15) is 9.59 Å². The van der Waals surface area contributed by atoms with Crippen molar-refractivity contribution in [2.75, 3.05) is 7.11 Å². The normalized spacial score (nSPS) is 9.24. The van der Waals surface area contributed by atoms with Gasteiger partial charge in [-0.05, 0) is 24.3 Å². The molecular formula is C15H13ClO5. The van der Waals surface area contributed by atoms with Gasteiger partial charge in [0.1, 0.15) is 11.3 Å². The molecule has 2 aromatic carbocycles. The Morgan fingerprint density at radius 2 is 1.38 bits per heavy atom. The maximum atomic E-state index is 10.5. The molecule has 0 amide bonds. The monoisotopic (exact) mass is 308 g/mol. The number of carbonyl (C=O) groups is 2. The second-order valence-electron chi connectivity index (χ2n) is 3.79. The minimum Gasteiger partial charge on any atom is -0.496 e. The van der Waals surface area contributed by atoms with Crippen molar-refractivity contribution in [3.05, 3.63) is 64.7 Å². The molecule has 0 aliphatic carbocycles. The van der Waals surface area contributed by atoms with E-state index in [-0.39, 0.29) is 16.1 Å². The quantitative estimate of drug-likeness (QED) is 0.907. The molecule has 0 aromatic heterocycles. The molecule has 0 saturated heterocycles. The van der Waals surface area contributed by atoms with Gasteiger partial charge in [0, 0.05) is 0 Å². The van der Waals surface area contributed by atoms with Gasteiger partial charge < -0.3 is 14.9 Å². The molecule has 0 heterocycles. The maximum absolute atomic E-state index is 10.5. The van der Waals surface area contributed by atoms with Crippen molar-refractivity contribution in [1.29, 1.82) is 0 Å². The fourth-order valence-corrected chi connectivity index (χ4v) is 1.67. The van der Waals surface area contributed by atoms with E-state index in [0.29, 0.717) is 5.75 Å². The SMILES string of the molecule is COc1ccccc1C(=O)O.O=C(O)c1ccccc1Cl. The highest BCUT2D eigenvalue weighted by atomic mass is 35.5. The van der Waals surface area contributed by atoms with E-state index >= 15 is 0 Å². The van der Waals surface area contributed by atoms with Crippen LogP contribution in [0.2, 0.25) is 5.02 Å². The molecule has 0 radical (unpaired) electrons. The molecule has 6 heteroatoms. The first kappa shape index (κ1) is 16.5. The first-order chi connectivity index (χ1) is 9.97. The fourth-order valence-electron chi connectivity index (χ4n) is 1.46. The van der Waals surface area contributed by atoms with Crippen molar-refractivity contribution in [1.82, 2.24) is 0 Å². The molecule has 2 aromatic rings. The summed E-state index contributed by atoms with van der Waals surface area (Å²) in [4.78, 5) is 20.8. The third kappa shape index (κ3) is 4.81. The Labute approximate surface area is 126 Å². The van der Waals surface area contributed by atoms with Crippen LogP contribution in [0.3, 0.4) is 0 Å². The molecule has 2 rings (SSSR count). The van der Waals surface area contributed by atoms with Crippen LogP contribution in [0.1, 0.15) is 20.7 Å². The molecule has 0 atom stereocenters. The summed E-state index contributed by atoms with van der Waals surface area (Å²) in [5.41, 5.74) is 0.333.